The third kappa shape index (κ3) is 3.39. The molecule has 0 saturated carbocycles. The van der Waals surface area contributed by atoms with Crippen molar-refractivity contribution >= 4 is 11.5 Å². The van der Waals surface area contributed by atoms with Crippen LogP contribution in [0, 0.1) is 23.0 Å². The highest BCUT2D eigenvalue weighted by atomic mass is 16.6. The van der Waals surface area contributed by atoms with E-state index in [0.29, 0.717) is 0 Å². The summed E-state index contributed by atoms with van der Waals surface area (Å²) in [7, 11) is 0. The first-order valence-electron chi connectivity index (χ1n) is 5.44. The van der Waals surface area contributed by atoms with Gasteiger partial charge in [-0.2, -0.15) is 0 Å². The molecule has 0 amide bonds. The predicted molar refractivity (Wildman–Crippen MR) is 65.0 cm³/mol. The van der Waals surface area contributed by atoms with E-state index in [1.54, 1.807) is 13.1 Å². The van der Waals surface area contributed by atoms with Gasteiger partial charge in [-0.05, 0) is 18.4 Å². The zero-order valence-electron chi connectivity index (χ0n) is 10.2. The van der Waals surface area contributed by atoms with E-state index >= 15 is 0 Å². The highest BCUT2D eigenvalue weighted by molar-refractivity contribution is 5.57. The lowest BCUT2D eigenvalue weighted by molar-refractivity contribution is -0.384. The second-order valence-electron chi connectivity index (χ2n) is 4.31. The van der Waals surface area contributed by atoms with Crippen LogP contribution >= 0.6 is 0 Å². The number of hydrogen-bond acceptors (Lipinski definition) is 5. The van der Waals surface area contributed by atoms with Crippen LogP contribution in [0.4, 0.5) is 11.5 Å². The van der Waals surface area contributed by atoms with Gasteiger partial charge in [-0.3, -0.25) is 10.1 Å². The summed E-state index contributed by atoms with van der Waals surface area (Å²) in [5, 5.41) is 23.0. The quantitative estimate of drug-likeness (QED) is 0.603. The van der Waals surface area contributed by atoms with Crippen molar-refractivity contribution in [2.75, 3.05) is 11.9 Å². The van der Waals surface area contributed by atoms with E-state index in [4.69, 9.17) is 0 Å². The number of pyridine rings is 1. The third-order valence-corrected chi connectivity index (χ3v) is 2.52. The van der Waals surface area contributed by atoms with Gasteiger partial charge in [-0.25, -0.2) is 4.98 Å². The first kappa shape index (κ1) is 13.4. The Morgan fingerprint density at radius 2 is 2.24 bits per heavy atom. The molecule has 0 fully saturated rings. The Bertz CT molecular complexity index is 407. The van der Waals surface area contributed by atoms with Crippen LogP contribution in [0.2, 0.25) is 0 Å². The van der Waals surface area contributed by atoms with Crippen LogP contribution in [0.3, 0.4) is 0 Å². The number of nitrogens with one attached hydrogen (secondary N) is 1. The molecule has 1 aromatic rings. The second kappa shape index (κ2) is 5.58. The normalized spacial score (nSPS) is 12.5. The molecule has 17 heavy (non-hydrogen) atoms. The van der Waals surface area contributed by atoms with Crippen molar-refractivity contribution in [2.45, 2.75) is 26.8 Å². The Morgan fingerprint density at radius 1 is 1.59 bits per heavy atom. The van der Waals surface area contributed by atoms with Crippen molar-refractivity contribution < 1.29 is 10.0 Å². The first-order valence-corrected chi connectivity index (χ1v) is 5.44. The number of aliphatic hydroxyl groups excluding tert-OH is 1. The number of nitro groups is 1. The molecule has 0 bridgehead atoms. The summed E-state index contributed by atoms with van der Waals surface area (Å²) in [5.41, 5.74) is 0.663. The van der Waals surface area contributed by atoms with E-state index in [1.165, 1.54) is 6.07 Å². The topological polar surface area (TPSA) is 88.3 Å². The number of nitrogens with zero attached hydrogens (tertiary/aromatic N) is 2. The minimum Gasteiger partial charge on any atom is -0.394 e. The number of rotatable bonds is 5. The van der Waals surface area contributed by atoms with E-state index in [2.05, 4.69) is 10.3 Å². The molecule has 6 nitrogen and oxygen atoms in total. The molecule has 6 heteroatoms. The summed E-state index contributed by atoms with van der Waals surface area (Å²) in [4.78, 5) is 14.4. The molecule has 0 saturated heterocycles. The minimum atomic E-state index is -0.475. The summed E-state index contributed by atoms with van der Waals surface area (Å²) < 4.78 is 0. The minimum absolute atomic E-state index is 0.0656. The number of anilines is 1. The van der Waals surface area contributed by atoms with E-state index in [-0.39, 0.29) is 30.1 Å². The Hall–Kier alpha value is -1.69. The van der Waals surface area contributed by atoms with Gasteiger partial charge < -0.3 is 10.4 Å². The van der Waals surface area contributed by atoms with Crippen molar-refractivity contribution in [2.24, 2.45) is 5.92 Å². The maximum Gasteiger partial charge on any atom is 0.311 e. The van der Waals surface area contributed by atoms with Crippen LogP contribution < -0.4 is 5.32 Å². The Labute approximate surface area is 99.8 Å². The Morgan fingerprint density at radius 3 is 2.71 bits per heavy atom. The van der Waals surface area contributed by atoms with Crippen LogP contribution in [0.25, 0.3) is 0 Å². The molecule has 2 N–H and O–H groups in total. The van der Waals surface area contributed by atoms with Gasteiger partial charge >= 0.3 is 5.69 Å². The molecule has 94 valence electrons. The van der Waals surface area contributed by atoms with Gasteiger partial charge in [0.15, 0.2) is 0 Å². The number of aryl methyl sites for hydroxylation is 1. The SMILES string of the molecule is Cc1cnc(N[C@H](CO)C(C)C)c([N+](=O)[O-])c1. The Balaban J connectivity index is 3.01. The van der Waals surface area contributed by atoms with Gasteiger partial charge in [0.25, 0.3) is 0 Å². The van der Waals surface area contributed by atoms with E-state index in [0.717, 1.165) is 5.56 Å². The fraction of sp³-hybridized carbons (Fsp3) is 0.545. The lowest BCUT2D eigenvalue weighted by Gasteiger charge is -2.20. The van der Waals surface area contributed by atoms with Crippen molar-refractivity contribution in [3.05, 3.63) is 27.9 Å². The molecule has 0 aromatic carbocycles. The molecular weight excluding hydrogens is 222 g/mol. The summed E-state index contributed by atoms with van der Waals surface area (Å²) in [5.74, 6) is 0.357. The van der Waals surface area contributed by atoms with E-state index in [1.807, 2.05) is 13.8 Å². The molecule has 1 aromatic heterocycles. The van der Waals surface area contributed by atoms with Crippen molar-refractivity contribution in [1.82, 2.24) is 4.98 Å². The molecule has 0 aliphatic heterocycles. The maximum atomic E-state index is 10.9. The van der Waals surface area contributed by atoms with Crippen LogP contribution in [0.1, 0.15) is 19.4 Å². The lowest BCUT2D eigenvalue weighted by atomic mass is 10.1. The predicted octanol–water partition coefficient (Wildman–Crippen LogP) is 1.73. The molecule has 1 atom stereocenters. The fourth-order valence-electron chi connectivity index (χ4n) is 1.40. The Kier molecular flexibility index (Phi) is 4.39. The number of aliphatic hydroxyl groups is 1. The molecule has 1 rings (SSSR count). The fourth-order valence-corrected chi connectivity index (χ4v) is 1.40. The van der Waals surface area contributed by atoms with Gasteiger partial charge in [-0.1, -0.05) is 13.8 Å². The summed E-state index contributed by atoms with van der Waals surface area (Å²) >= 11 is 0. The van der Waals surface area contributed by atoms with Gasteiger partial charge in [-0.15, -0.1) is 0 Å². The highest BCUT2D eigenvalue weighted by Crippen LogP contribution is 2.24. The van der Waals surface area contributed by atoms with Gasteiger partial charge in [0, 0.05) is 12.3 Å². The monoisotopic (exact) mass is 239 g/mol. The number of hydrogen-bond donors (Lipinski definition) is 2. The van der Waals surface area contributed by atoms with Gasteiger partial charge in [0.1, 0.15) is 0 Å². The average molecular weight is 239 g/mol. The van der Waals surface area contributed by atoms with Crippen LogP contribution in [0.15, 0.2) is 12.3 Å². The highest BCUT2D eigenvalue weighted by Gasteiger charge is 2.20. The summed E-state index contributed by atoms with van der Waals surface area (Å²) in [6, 6.07) is 1.22. The van der Waals surface area contributed by atoms with Gasteiger partial charge in [0.2, 0.25) is 5.82 Å². The van der Waals surface area contributed by atoms with Crippen LogP contribution in [0.5, 0.6) is 0 Å². The molecule has 1 heterocycles. The zero-order valence-corrected chi connectivity index (χ0v) is 10.2. The summed E-state index contributed by atoms with van der Waals surface area (Å²) in [6.07, 6.45) is 1.56. The zero-order chi connectivity index (χ0) is 13.0. The molecule has 0 radical (unpaired) electrons. The summed E-state index contributed by atoms with van der Waals surface area (Å²) in [6.45, 7) is 5.50. The molecule has 0 aliphatic carbocycles. The van der Waals surface area contributed by atoms with Crippen LogP contribution in [-0.4, -0.2) is 27.7 Å². The van der Waals surface area contributed by atoms with Crippen molar-refractivity contribution in [3.8, 4) is 0 Å². The van der Waals surface area contributed by atoms with E-state index < -0.39 is 4.92 Å². The van der Waals surface area contributed by atoms with E-state index in [9.17, 15) is 15.2 Å². The largest absolute Gasteiger partial charge is 0.394 e. The first-order chi connectivity index (χ1) is 7.95. The van der Waals surface area contributed by atoms with Gasteiger partial charge in [0.05, 0.1) is 17.6 Å². The smallest absolute Gasteiger partial charge is 0.311 e. The standard InChI is InChI=1S/C11H17N3O3/c1-7(2)9(6-15)13-11-10(14(16)17)4-8(3)5-12-11/h4-5,7,9,15H,6H2,1-3H3,(H,12,13)/t9-/m1/s1. The molecule has 0 spiro atoms. The number of aromatic nitrogens is 1. The van der Waals surface area contributed by atoms with Crippen LogP contribution in [-0.2, 0) is 0 Å². The third-order valence-electron chi connectivity index (χ3n) is 2.52. The maximum absolute atomic E-state index is 10.9. The second-order valence-corrected chi connectivity index (χ2v) is 4.31. The average Bonchev–Trinajstić information content (AvgIpc) is 2.26. The molecular formula is C11H17N3O3. The molecule has 0 aliphatic rings. The lowest BCUT2D eigenvalue weighted by Crippen LogP contribution is -2.30. The van der Waals surface area contributed by atoms with Crippen molar-refractivity contribution in [3.63, 3.8) is 0 Å². The van der Waals surface area contributed by atoms with Crippen molar-refractivity contribution in [1.29, 1.82) is 0 Å². The molecule has 0 unspecified atom stereocenters.